The average Bonchev–Trinajstić information content (AvgIpc) is 2.81. The van der Waals surface area contributed by atoms with Gasteiger partial charge in [-0.2, -0.15) is 5.10 Å². The molecule has 0 fully saturated rings. The van der Waals surface area contributed by atoms with Crippen molar-refractivity contribution >= 4 is 0 Å². The lowest BCUT2D eigenvalue weighted by atomic mass is 10.0. The lowest BCUT2D eigenvalue weighted by Crippen LogP contribution is -2.00. The Morgan fingerprint density at radius 1 is 1.17 bits per heavy atom. The highest BCUT2D eigenvalue weighted by atomic mass is 15.3. The Balaban J connectivity index is 2.37. The van der Waals surface area contributed by atoms with Crippen molar-refractivity contribution in [3.8, 4) is 11.3 Å². The van der Waals surface area contributed by atoms with Gasteiger partial charge in [-0.25, -0.2) is 0 Å². The Morgan fingerprint density at radius 2 is 1.89 bits per heavy atom. The molecular weight excluding hydrogens is 220 g/mol. The second-order valence-corrected chi connectivity index (χ2v) is 5.05. The largest absolute Gasteiger partial charge is 0.269 e. The molecule has 0 unspecified atom stereocenters. The quantitative estimate of drug-likeness (QED) is 0.756. The van der Waals surface area contributed by atoms with Gasteiger partial charge in [-0.15, -0.1) is 0 Å². The van der Waals surface area contributed by atoms with Crippen LogP contribution in [0.2, 0.25) is 0 Å². The van der Waals surface area contributed by atoms with Crippen LogP contribution in [0.15, 0.2) is 36.5 Å². The normalized spacial score (nSPS) is 11.1. The van der Waals surface area contributed by atoms with Crippen LogP contribution in [0.1, 0.15) is 45.2 Å². The molecule has 0 atom stereocenters. The predicted octanol–water partition coefficient (Wildman–Crippen LogP) is 4.47. The van der Waals surface area contributed by atoms with E-state index >= 15 is 0 Å². The summed E-state index contributed by atoms with van der Waals surface area (Å²) in [5.74, 6) is 0. The molecule has 1 aromatic carbocycles. The summed E-state index contributed by atoms with van der Waals surface area (Å²) in [5, 5.41) is 4.75. The maximum atomic E-state index is 4.75. The van der Waals surface area contributed by atoms with Gasteiger partial charge in [0.15, 0.2) is 0 Å². The standard InChI is InChI=1S/C16H22N2/c1-4-5-9-15-12-18(13(2)3)17-16(15)14-10-7-6-8-11-14/h6-8,10-13H,4-5,9H2,1-3H3. The van der Waals surface area contributed by atoms with Crippen LogP contribution in [-0.4, -0.2) is 9.78 Å². The fourth-order valence-electron chi connectivity index (χ4n) is 2.08. The fourth-order valence-corrected chi connectivity index (χ4v) is 2.08. The van der Waals surface area contributed by atoms with E-state index in [2.05, 4.69) is 62.0 Å². The Morgan fingerprint density at radius 3 is 2.50 bits per heavy atom. The van der Waals surface area contributed by atoms with Crippen LogP contribution >= 0.6 is 0 Å². The summed E-state index contributed by atoms with van der Waals surface area (Å²) in [6, 6.07) is 10.9. The van der Waals surface area contributed by atoms with E-state index in [1.54, 1.807) is 0 Å². The van der Waals surface area contributed by atoms with Crippen molar-refractivity contribution in [1.82, 2.24) is 9.78 Å². The van der Waals surface area contributed by atoms with Crippen molar-refractivity contribution in [2.24, 2.45) is 0 Å². The van der Waals surface area contributed by atoms with Crippen molar-refractivity contribution < 1.29 is 0 Å². The topological polar surface area (TPSA) is 17.8 Å². The van der Waals surface area contributed by atoms with E-state index in [0.29, 0.717) is 6.04 Å². The average molecular weight is 242 g/mol. The summed E-state index contributed by atoms with van der Waals surface area (Å²) in [6.45, 7) is 6.58. The van der Waals surface area contributed by atoms with Crippen LogP contribution in [0, 0.1) is 0 Å². The Labute approximate surface area is 110 Å². The van der Waals surface area contributed by atoms with E-state index in [1.807, 2.05) is 0 Å². The minimum absolute atomic E-state index is 0.419. The van der Waals surface area contributed by atoms with Crippen LogP contribution in [0.4, 0.5) is 0 Å². The number of hydrogen-bond donors (Lipinski definition) is 0. The smallest absolute Gasteiger partial charge is 0.0955 e. The van der Waals surface area contributed by atoms with Crippen LogP contribution in [-0.2, 0) is 6.42 Å². The third-order valence-electron chi connectivity index (χ3n) is 3.18. The minimum Gasteiger partial charge on any atom is -0.269 e. The summed E-state index contributed by atoms with van der Waals surface area (Å²) in [6.07, 6.45) is 5.78. The summed E-state index contributed by atoms with van der Waals surface area (Å²) >= 11 is 0. The van der Waals surface area contributed by atoms with Gasteiger partial charge >= 0.3 is 0 Å². The van der Waals surface area contributed by atoms with Crippen molar-refractivity contribution in [1.29, 1.82) is 0 Å². The third-order valence-corrected chi connectivity index (χ3v) is 3.18. The van der Waals surface area contributed by atoms with Crippen LogP contribution in [0.25, 0.3) is 11.3 Å². The van der Waals surface area contributed by atoms with Crippen molar-refractivity contribution in [2.45, 2.75) is 46.1 Å². The zero-order valence-corrected chi connectivity index (χ0v) is 11.6. The molecule has 0 spiro atoms. The predicted molar refractivity (Wildman–Crippen MR) is 76.7 cm³/mol. The Kier molecular flexibility index (Phi) is 4.19. The fraction of sp³-hybridized carbons (Fsp3) is 0.438. The Bertz CT molecular complexity index is 483. The van der Waals surface area contributed by atoms with Gasteiger partial charge in [-0.1, -0.05) is 43.7 Å². The second-order valence-electron chi connectivity index (χ2n) is 5.05. The molecule has 2 rings (SSSR count). The number of nitrogens with zero attached hydrogens (tertiary/aromatic N) is 2. The number of aryl methyl sites for hydroxylation is 1. The zero-order valence-electron chi connectivity index (χ0n) is 11.6. The molecule has 0 saturated carbocycles. The summed E-state index contributed by atoms with van der Waals surface area (Å²) in [5.41, 5.74) is 3.75. The SMILES string of the molecule is CCCCc1cn(C(C)C)nc1-c1ccccc1. The molecule has 1 heterocycles. The first-order valence-electron chi connectivity index (χ1n) is 6.85. The monoisotopic (exact) mass is 242 g/mol. The van der Waals surface area contributed by atoms with Crippen molar-refractivity contribution in [3.63, 3.8) is 0 Å². The van der Waals surface area contributed by atoms with E-state index in [0.717, 1.165) is 12.1 Å². The van der Waals surface area contributed by atoms with Crippen LogP contribution in [0.3, 0.4) is 0 Å². The van der Waals surface area contributed by atoms with Crippen molar-refractivity contribution in [3.05, 3.63) is 42.1 Å². The molecule has 0 amide bonds. The molecule has 18 heavy (non-hydrogen) atoms. The van der Waals surface area contributed by atoms with Gasteiger partial charge in [-0.3, -0.25) is 4.68 Å². The molecule has 0 radical (unpaired) electrons. The molecule has 2 nitrogen and oxygen atoms in total. The van der Waals surface area contributed by atoms with Gasteiger partial charge in [0.2, 0.25) is 0 Å². The number of benzene rings is 1. The van der Waals surface area contributed by atoms with Crippen LogP contribution in [0.5, 0.6) is 0 Å². The zero-order chi connectivity index (χ0) is 13.0. The van der Waals surface area contributed by atoms with Crippen molar-refractivity contribution in [2.75, 3.05) is 0 Å². The minimum atomic E-state index is 0.419. The Hall–Kier alpha value is -1.57. The number of rotatable bonds is 5. The molecule has 0 aliphatic heterocycles. The van der Waals surface area contributed by atoms with Gasteiger partial charge in [-0.05, 0) is 32.3 Å². The summed E-state index contributed by atoms with van der Waals surface area (Å²) in [7, 11) is 0. The first-order valence-corrected chi connectivity index (χ1v) is 6.85. The summed E-state index contributed by atoms with van der Waals surface area (Å²) < 4.78 is 2.08. The van der Waals surface area contributed by atoms with E-state index in [4.69, 9.17) is 5.10 Å². The maximum absolute atomic E-state index is 4.75. The highest BCUT2D eigenvalue weighted by Crippen LogP contribution is 2.24. The molecule has 0 aliphatic carbocycles. The van der Waals surface area contributed by atoms with E-state index < -0.39 is 0 Å². The van der Waals surface area contributed by atoms with E-state index in [9.17, 15) is 0 Å². The highest BCUT2D eigenvalue weighted by molar-refractivity contribution is 5.62. The molecular formula is C16H22N2. The first-order chi connectivity index (χ1) is 8.72. The molecule has 2 aromatic rings. The van der Waals surface area contributed by atoms with Crippen LogP contribution < -0.4 is 0 Å². The molecule has 0 aliphatic rings. The number of aromatic nitrogens is 2. The molecule has 0 saturated heterocycles. The molecule has 2 heteroatoms. The first kappa shape index (κ1) is 12.9. The summed E-state index contributed by atoms with van der Waals surface area (Å²) in [4.78, 5) is 0. The molecule has 0 N–H and O–H groups in total. The number of unbranched alkanes of at least 4 members (excludes halogenated alkanes) is 1. The third kappa shape index (κ3) is 2.81. The van der Waals surface area contributed by atoms with E-state index in [-0.39, 0.29) is 0 Å². The van der Waals surface area contributed by atoms with Gasteiger partial charge in [0.1, 0.15) is 0 Å². The molecule has 96 valence electrons. The second kappa shape index (κ2) is 5.85. The maximum Gasteiger partial charge on any atom is 0.0955 e. The highest BCUT2D eigenvalue weighted by Gasteiger charge is 2.11. The molecule has 0 bridgehead atoms. The van der Waals surface area contributed by atoms with Gasteiger partial charge in [0.05, 0.1) is 5.69 Å². The number of hydrogen-bond acceptors (Lipinski definition) is 1. The van der Waals surface area contributed by atoms with E-state index in [1.165, 1.54) is 24.0 Å². The lowest BCUT2D eigenvalue weighted by Gasteiger charge is -2.03. The molecule has 1 aromatic heterocycles. The van der Waals surface area contributed by atoms with Gasteiger partial charge < -0.3 is 0 Å². The van der Waals surface area contributed by atoms with Gasteiger partial charge in [0.25, 0.3) is 0 Å². The lowest BCUT2D eigenvalue weighted by molar-refractivity contribution is 0.533. The van der Waals surface area contributed by atoms with Gasteiger partial charge in [0, 0.05) is 17.8 Å².